The number of aromatic nitrogens is 3. The molecular formula is C24H24N4OS. The molecule has 3 aromatic heterocycles. The Labute approximate surface area is 180 Å². The number of rotatable bonds is 4. The molecule has 1 aromatic carbocycles. The summed E-state index contributed by atoms with van der Waals surface area (Å²) in [5.41, 5.74) is 4.44. The third-order valence-corrected chi connectivity index (χ3v) is 6.82. The second-order valence-electron chi connectivity index (χ2n) is 7.92. The molecule has 1 atom stereocenters. The van der Waals surface area contributed by atoms with Crippen LogP contribution in [0.3, 0.4) is 0 Å². The Hall–Kier alpha value is -2.99. The number of amides is 1. The number of likely N-dealkylation sites (tertiary alicyclic amines) is 1. The standard InChI is InChI=1S/C24H24N4OS/c1-16-22-19(15-20(21-11-7-13-30-21)25-23(22)27(2)26-16)24(29)28-12-6-10-18(28)14-17-8-4-3-5-9-17/h3-5,7-9,11,13,15,18H,6,10,12,14H2,1-2H3. The van der Waals surface area contributed by atoms with E-state index in [0.717, 1.165) is 53.1 Å². The maximum absolute atomic E-state index is 13.8. The molecule has 1 amide bonds. The van der Waals surface area contributed by atoms with Crippen molar-refractivity contribution in [2.24, 2.45) is 7.05 Å². The molecule has 1 aliphatic heterocycles. The van der Waals surface area contributed by atoms with Gasteiger partial charge in [0.25, 0.3) is 5.91 Å². The summed E-state index contributed by atoms with van der Waals surface area (Å²) in [6.07, 6.45) is 2.98. The summed E-state index contributed by atoms with van der Waals surface area (Å²) in [6, 6.07) is 16.7. The number of pyridine rings is 1. The highest BCUT2D eigenvalue weighted by Crippen LogP contribution is 2.32. The predicted molar refractivity (Wildman–Crippen MR) is 121 cm³/mol. The van der Waals surface area contributed by atoms with Gasteiger partial charge in [0.05, 0.1) is 27.2 Å². The van der Waals surface area contributed by atoms with E-state index in [1.165, 1.54) is 5.56 Å². The second-order valence-corrected chi connectivity index (χ2v) is 8.87. The Morgan fingerprint density at radius 3 is 2.80 bits per heavy atom. The fourth-order valence-corrected chi connectivity index (χ4v) is 5.21. The Bertz CT molecular complexity index is 1200. The van der Waals surface area contributed by atoms with Gasteiger partial charge in [0.2, 0.25) is 0 Å². The lowest BCUT2D eigenvalue weighted by Crippen LogP contribution is -2.37. The molecule has 30 heavy (non-hydrogen) atoms. The summed E-state index contributed by atoms with van der Waals surface area (Å²) in [4.78, 5) is 21.8. The molecule has 5 nitrogen and oxygen atoms in total. The SMILES string of the molecule is Cc1nn(C)c2nc(-c3cccs3)cc(C(=O)N3CCCC3Cc3ccccc3)c12. The molecule has 0 spiro atoms. The van der Waals surface area contributed by atoms with E-state index in [9.17, 15) is 4.79 Å². The number of thiophene rings is 1. The first-order valence-electron chi connectivity index (χ1n) is 10.3. The van der Waals surface area contributed by atoms with Gasteiger partial charge in [-0.15, -0.1) is 11.3 Å². The van der Waals surface area contributed by atoms with Gasteiger partial charge in [0.1, 0.15) is 0 Å². The monoisotopic (exact) mass is 416 g/mol. The van der Waals surface area contributed by atoms with Crippen molar-refractivity contribution >= 4 is 28.3 Å². The zero-order valence-electron chi connectivity index (χ0n) is 17.2. The largest absolute Gasteiger partial charge is 0.335 e. The lowest BCUT2D eigenvalue weighted by atomic mass is 10.0. The molecule has 0 N–H and O–H groups in total. The highest BCUT2D eigenvalue weighted by molar-refractivity contribution is 7.13. The van der Waals surface area contributed by atoms with E-state index in [4.69, 9.17) is 4.98 Å². The summed E-state index contributed by atoms with van der Waals surface area (Å²) in [7, 11) is 1.89. The Morgan fingerprint density at radius 2 is 2.03 bits per heavy atom. The topological polar surface area (TPSA) is 51.0 Å². The van der Waals surface area contributed by atoms with Crippen molar-refractivity contribution in [3.63, 3.8) is 0 Å². The average molecular weight is 417 g/mol. The summed E-state index contributed by atoms with van der Waals surface area (Å²) in [5.74, 6) is 0.0923. The normalized spacial score (nSPS) is 16.5. The minimum atomic E-state index is 0.0923. The van der Waals surface area contributed by atoms with Crippen molar-refractivity contribution in [3.8, 4) is 10.6 Å². The van der Waals surface area contributed by atoms with Crippen molar-refractivity contribution in [2.45, 2.75) is 32.2 Å². The number of hydrogen-bond acceptors (Lipinski definition) is 4. The number of aryl methyl sites for hydroxylation is 2. The van der Waals surface area contributed by atoms with Crippen molar-refractivity contribution in [3.05, 3.63) is 70.7 Å². The fourth-order valence-electron chi connectivity index (χ4n) is 4.52. The number of benzene rings is 1. The Kier molecular flexibility index (Phi) is 4.87. The first-order valence-corrected chi connectivity index (χ1v) is 11.2. The molecule has 1 saturated heterocycles. The molecule has 0 bridgehead atoms. The molecule has 1 unspecified atom stereocenters. The van der Waals surface area contributed by atoms with Crippen LogP contribution in [0.2, 0.25) is 0 Å². The van der Waals surface area contributed by atoms with Crippen LogP contribution in [0.15, 0.2) is 53.9 Å². The number of carbonyl (C=O) groups is 1. The van der Waals surface area contributed by atoms with Gasteiger partial charge in [-0.05, 0) is 49.3 Å². The van der Waals surface area contributed by atoms with E-state index in [0.29, 0.717) is 5.56 Å². The van der Waals surface area contributed by atoms with Crippen molar-refractivity contribution in [1.82, 2.24) is 19.7 Å². The van der Waals surface area contributed by atoms with Gasteiger partial charge in [-0.25, -0.2) is 4.98 Å². The van der Waals surface area contributed by atoms with Gasteiger partial charge in [-0.2, -0.15) is 5.10 Å². The molecule has 5 rings (SSSR count). The lowest BCUT2D eigenvalue weighted by Gasteiger charge is -2.25. The first-order chi connectivity index (χ1) is 14.6. The molecule has 4 aromatic rings. The van der Waals surface area contributed by atoms with Crippen LogP contribution < -0.4 is 0 Å². The highest BCUT2D eigenvalue weighted by atomic mass is 32.1. The molecule has 4 heterocycles. The minimum Gasteiger partial charge on any atom is -0.335 e. The number of fused-ring (bicyclic) bond motifs is 1. The zero-order valence-corrected chi connectivity index (χ0v) is 18.0. The van der Waals surface area contributed by atoms with Crippen LogP contribution in [0.25, 0.3) is 21.6 Å². The van der Waals surface area contributed by atoms with Crippen LogP contribution >= 0.6 is 11.3 Å². The molecular weight excluding hydrogens is 392 g/mol. The molecule has 1 fully saturated rings. The summed E-state index contributed by atoms with van der Waals surface area (Å²) < 4.78 is 1.78. The van der Waals surface area contributed by atoms with E-state index >= 15 is 0 Å². The van der Waals surface area contributed by atoms with Crippen LogP contribution in [0, 0.1) is 6.92 Å². The van der Waals surface area contributed by atoms with Gasteiger partial charge in [-0.1, -0.05) is 36.4 Å². The molecule has 1 aliphatic rings. The summed E-state index contributed by atoms with van der Waals surface area (Å²) in [6.45, 7) is 2.75. The van der Waals surface area contributed by atoms with E-state index in [1.54, 1.807) is 16.0 Å². The van der Waals surface area contributed by atoms with Gasteiger partial charge >= 0.3 is 0 Å². The van der Waals surface area contributed by atoms with Gasteiger partial charge < -0.3 is 4.90 Å². The summed E-state index contributed by atoms with van der Waals surface area (Å²) in [5, 5.41) is 7.46. The highest BCUT2D eigenvalue weighted by Gasteiger charge is 2.31. The van der Waals surface area contributed by atoms with Crippen molar-refractivity contribution in [1.29, 1.82) is 0 Å². The third kappa shape index (κ3) is 3.31. The van der Waals surface area contributed by atoms with Crippen LogP contribution in [0.4, 0.5) is 0 Å². The molecule has 0 saturated carbocycles. The minimum absolute atomic E-state index is 0.0923. The summed E-state index contributed by atoms with van der Waals surface area (Å²) >= 11 is 1.64. The predicted octanol–water partition coefficient (Wildman–Crippen LogP) is 4.85. The maximum atomic E-state index is 13.8. The molecule has 6 heteroatoms. The third-order valence-electron chi connectivity index (χ3n) is 5.92. The van der Waals surface area contributed by atoms with Crippen LogP contribution in [-0.2, 0) is 13.5 Å². The number of carbonyl (C=O) groups excluding carboxylic acids is 1. The van der Waals surface area contributed by atoms with Gasteiger partial charge in [0, 0.05) is 19.6 Å². The van der Waals surface area contributed by atoms with Crippen LogP contribution in [0.1, 0.15) is 34.5 Å². The van der Waals surface area contributed by atoms with Gasteiger partial charge in [0.15, 0.2) is 5.65 Å². The number of nitrogens with zero attached hydrogens (tertiary/aromatic N) is 4. The smallest absolute Gasteiger partial charge is 0.255 e. The molecule has 0 aliphatic carbocycles. The average Bonchev–Trinajstić information content (AvgIpc) is 3.50. The second kappa shape index (κ2) is 7.69. The maximum Gasteiger partial charge on any atom is 0.255 e. The lowest BCUT2D eigenvalue weighted by molar-refractivity contribution is 0.0738. The van der Waals surface area contributed by atoms with Crippen LogP contribution in [0.5, 0.6) is 0 Å². The molecule has 0 radical (unpaired) electrons. The Morgan fingerprint density at radius 1 is 1.20 bits per heavy atom. The zero-order chi connectivity index (χ0) is 20.7. The molecule has 152 valence electrons. The van der Waals surface area contributed by atoms with Crippen molar-refractivity contribution in [2.75, 3.05) is 6.54 Å². The van der Waals surface area contributed by atoms with Gasteiger partial charge in [-0.3, -0.25) is 9.48 Å². The van der Waals surface area contributed by atoms with Crippen molar-refractivity contribution < 1.29 is 4.79 Å². The Balaban J connectivity index is 1.57. The van der Waals surface area contributed by atoms with E-state index in [2.05, 4.69) is 34.3 Å². The quantitative estimate of drug-likeness (QED) is 0.478. The van der Waals surface area contributed by atoms with E-state index in [1.807, 2.05) is 43.6 Å². The van der Waals surface area contributed by atoms with Crippen LogP contribution in [-0.4, -0.2) is 38.2 Å². The van der Waals surface area contributed by atoms with E-state index in [-0.39, 0.29) is 11.9 Å². The fraction of sp³-hybridized carbons (Fsp3) is 0.292. The first kappa shape index (κ1) is 19.0. The number of hydrogen-bond donors (Lipinski definition) is 0. The van der Waals surface area contributed by atoms with E-state index < -0.39 is 0 Å².